The van der Waals surface area contributed by atoms with Crippen molar-refractivity contribution in [3.8, 4) is 11.5 Å². The standard InChI is InChI=1S/C24H24IO5P/c1-23(27-3)24(2,28-4)30-22-20(25)15-19(16-21(22)29-23)31(26,17-11-7-5-8-12-17)18-13-9-6-10-14-18/h5-16H,1-4H3. The summed E-state index contributed by atoms with van der Waals surface area (Å²) in [4.78, 5) is 0. The van der Waals surface area contributed by atoms with Gasteiger partial charge in [0, 0.05) is 44.0 Å². The average molecular weight is 550 g/mol. The van der Waals surface area contributed by atoms with Gasteiger partial charge in [0.1, 0.15) is 0 Å². The van der Waals surface area contributed by atoms with Gasteiger partial charge in [-0.1, -0.05) is 60.7 Å². The fourth-order valence-corrected chi connectivity index (χ4v) is 7.32. The molecule has 31 heavy (non-hydrogen) atoms. The first-order chi connectivity index (χ1) is 14.8. The van der Waals surface area contributed by atoms with Crippen molar-refractivity contribution in [2.75, 3.05) is 14.2 Å². The molecule has 1 aliphatic heterocycles. The molecule has 0 amide bonds. The van der Waals surface area contributed by atoms with Crippen LogP contribution in [0.2, 0.25) is 0 Å². The van der Waals surface area contributed by atoms with E-state index in [4.69, 9.17) is 18.9 Å². The smallest absolute Gasteiger partial charge is 0.273 e. The lowest BCUT2D eigenvalue weighted by Crippen LogP contribution is -2.62. The molecule has 0 N–H and O–H groups in total. The van der Waals surface area contributed by atoms with Crippen LogP contribution in [0, 0.1) is 3.57 Å². The molecule has 0 saturated heterocycles. The lowest BCUT2D eigenvalue weighted by molar-refractivity contribution is -0.345. The molecule has 1 heterocycles. The summed E-state index contributed by atoms with van der Waals surface area (Å²) < 4.78 is 39.2. The van der Waals surface area contributed by atoms with Gasteiger partial charge in [-0.05, 0) is 34.7 Å². The molecular weight excluding hydrogens is 526 g/mol. The third-order valence-electron chi connectivity index (χ3n) is 5.80. The average Bonchev–Trinajstić information content (AvgIpc) is 2.81. The number of hydrogen-bond acceptors (Lipinski definition) is 5. The Morgan fingerprint density at radius 2 is 1.26 bits per heavy atom. The zero-order chi connectivity index (χ0) is 22.3. The van der Waals surface area contributed by atoms with Crippen LogP contribution in [0.3, 0.4) is 0 Å². The summed E-state index contributed by atoms with van der Waals surface area (Å²) in [5.74, 6) is -1.35. The maximum absolute atomic E-state index is 14.7. The van der Waals surface area contributed by atoms with Gasteiger partial charge in [-0.2, -0.15) is 0 Å². The van der Waals surface area contributed by atoms with Crippen molar-refractivity contribution in [2.45, 2.75) is 25.4 Å². The molecular formula is C24H24IO5P. The first kappa shape index (κ1) is 22.3. The van der Waals surface area contributed by atoms with E-state index in [1.807, 2.05) is 66.7 Å². The highest BCUT2D eigenvalue weighted by molar-refractivity contribution is 14.1. The topological polar surface area (TPSA) is 54.0 Å². The van der Waals surface area contributed by atoms with Gasteiger partial charge < -0.3 is 23.5 Å². The molecule has 0 aliphatic carbocycles. The van der Waals surface area contributed by atoms with Crippen molar-refractivity contribution in [3.63, 3.8) is 0 Å². The van der Waals surface area contributed by atoms with Gasteiger partial charge >= 0.3 is 0 Å². The monoisotopic (exact) mass is 550 g/mol. The van der Waals surface area contributed by atoms with Crippen LogP contribution in [0.4, 0.5) is 0 Å². The van der Waals surface area contributed by atoms with Crippen LogP contribution in [0.5, 0.6) is 11.5 Å². The normalized spacial score (nSPS) is 22.9. The number of halogens is 1. The molecule has 3 aromatic rings. The number of ether oxygens (including phenoxy) is 4. The van der Waals surface area contributed by atoms with E-state index in [-0.39, 0.29) is 0 Å². The van der Waals surface area contributed by atoms with Gasteiger partial charge in [0.15, 0.2) is 18.6 Å². The van der Waals surface area contributed by atoms with Gasteiger partial charge in [-0.15, -0.1) is 0 Å². The largest absolute Gasteiger partial charge is 0.452 e. The Labute approximate surface area is 196 Å². The number of rotatable bonds is 5. The molecule has 0 saturated carbocycles. The minimum atomic E-state index is -3.15. The minimum absolute atomic E-state index is 0.466. The molecule has 0 aromatic heterocycles. The van der Waals surface area contributed by atoms with Crippen molar-refractivity contribution >= 4 is 45.6 Å². The van der Waals surface area contributed by atoms with Crippen LogP contribution in [0.15, 0.2) is 72.8 Å². The van der Waals surface area contributed by atoms with Crippen LogP contribution < -0.4 is 25.4 Å². The minimum Gasteiger partial charge on any atom is -0.452 e. The highest BCUT2D eigenvalue weighted by atomic mass is 127. The molecule has 0 fully saturated rings. The van der Waals surface area contributed by atoms with Crippen molar-refractivity contribution < 1.29 is 23.5 Å². The van der Waals surface area contributed by atoms with Crippen LogP contribution in [-0.2, 0) is 14.0 Å². The Morgan fingerprint density at radius 1 is 0.774 bits per heavy atom. The summed E-state index contributed by atoms with van der Waals surface area (Å²) >= 11 is 2.18. The van der Waals surface area contributed by atoms with E-state index in [0.717, 1.165) is 14.2 Å². The van der Waals surface area contributed by atoms with E-state index < -0.39 is 18.7 Å². The SMILES string of the molecule is COC1(C)Oc2cc(P(=O)(c3ccccc3)c3ccccc3)cc(I)c2OC1(C)OC. The van der Waals surface area contributed by atoms with Crippen molar-refractivity contribution in [2.24, 2.45) is 0 Å². The van der Waals surface area contributed by atoms with Crippen molar-refractivity contribution in [3.05, 3.63) is 76.4 Å². The first-order valence-corrected chi connectivity index (χ1v) is 12.6. The number of fused-ring (bicyclic) bond motifs is 1. The molecule has 0 radical (unpaired) electrons. The van der Waals surface area contributed by atoms with Gasteiger partial charge in [0.05, 0.1) is 3.57 Å². The van der Waals surface area contributed by atoms with Crippen molar-refractivity contribution in [1.29, 1.82) is 0 Å². The third kappa shape index (κ3) is 3.59. The summed E-state index contributed by atoms with van der Waals surface area (Å²) in [7, 11) is -0.0632. The quantitative estimate of drug-likeness (QED) is 0.348. The fourth-order valence-electron chi connectivity index (χ4n) is 3.68. The predicted molar refractivity (Wildman–Crippen MR) is 131 cm³/mol. The molecule has 2 unspecified atom stereocenters. The van der Waals surface area contributed by atoms with E-state index >= 15 is 0 Å². The third-order valence-corrected chi connectivity index (χ3v) is 9.64. The zero-order valence-corrected chi connectivity index (χ0v) is 20.8. The zero-order valence-electron chi connectivity index (χ0n) is 17.8. The lowest BCUT2D eigenvalue weighted by atomic mass is 10.1. The summed E-state index contributed by atoms with van der Waals surface area (Å²) in [5, 5.41) is 2.17. The summed E-state index contributed by atoms with van der Waals surface area (Å²) in [6.45, 7) is 3.52. The maximum atomic E-state index is 14.7. The van der Waals surface area contributed by atoms with Gasteiger partial charge in [0.2, 0.25) is 0 Å². The van der Waals surface area contributed by atoms with E-state index in [9.17, 15) is 4.57 Å². The maximum Gasteiger partial charge on any atom is 0.273 e. The molecule has 1 aliphatic rings. The highest BCUT2D eigenvalue weighted by Crippen LogP contribution is 2.50. The van der Waals surface area contributed by atoms with E-state index in [1.54, 1.807) is 34.1 Å². The second-order valence-electron chi connectivity index (χ2n) is 7.54. The molecule has 4 rings (SSSR count). The molecule has 0 bridgehead atoms. The second kappa shape index (κ2) is 8.24. The molecule has 7 heteroatoms. The van der Waals surface area contributed by atoms with Crippen LogP contribution in [0.1, 0.15) is 13.8 Å². The van der Waals surface area contributed by atoms with E-state index in [0.29, 0.717) is 16.8 Å². The Bertz CT molecular complexity index is 1090. The van der Waals surface area contributed by atoms with E-state index in [1.165, 1.54) is 0 Å². The summed E-state index contributed by atoms with van der Waals surface area (Å²) in [6.07, 6.45) is 0. The molecule has 3 aromatic carbocycles. The Morgan fingerprint density at radius 3 is 1.74 bits per heavy atom. The molecule has 5 nitrogen and oxygen atoms in total. The molecule has 162 valence electrons. The predicted octanol–water partition coefficient (Wildman–Crippen LogP) is 4.43. The number of benzene rings is 3. The summed E-state index contributed by atoms with van der Waals surface area (Å²) in [5.41, 5.74) is 0. The van der Waals surface area contributed by atoms with Gasteiger partial charge in [0.25, 0.3) is 11.6 Å². The van der Waals surface area contributed by atoms with E-state index in [2.05, 4.69) is 22.6 Å². The Balaban J connectivity index is 1.94. The first-order valence-electron chi connectivity index (χ1n) is 9.81. The summed E-state index contributed by atoms with van der Waals surface area (Å²) in [6, 6.07) is 22.7. The Kier molecular flexibility index (Phi) is 5.94. The number of hydrogen-bond donors (Lipinski definition) is 0. The van der Waals surface area contributed by atoms with Crippen LogP contribution >= 0.6 is 29.7 Å². The van der Waals surface area contributed by atoms with Crippen LogP contribution in [0.25, 0.3) is 0 Å². The van der Waals surface area contributed by atoms with Gasteiger partial charge in [-0.25, -0.2) is 0 Å². The lowest BCUT2D eigenvalue weighted by Gasteiger charge is -2.47. The second-order valence-corrected chi connectivity index (χ2v) is 11.5. The highest BCUT2D eigenvalue weighted by Gasteiger charge is 2.55. The fraction of sp³-hybridized carbons (Fsp3) is 0.250. The van der Waals surface area contributed by atoms with Gasteiger partial charge in [-0.3, -0.25) is 0 Å². The molecule has 2 atom stereocenters. The van der Waals surface area contributed by atoms with Crippen molar-refractivity contribution in [1.82, 2.24) is 0 Å². The van der Waals surface area contributed by atoms with Crippen LogP contribution in [-0.4, -0.2) is 25.8 Å². The molecule has 0 spiro atoms. The Hall–Kier alpha value is -1.86. The number of methoxy groups -OCH3 is 2.